The molecule has 0 unspecified atom stereocenters. The Morgan fingerprint density at radius 1 is 1.39 bits per heavy atom. The van der Waals surface area contributed by atoms with Gasteiger partial charge in [-0.15, -0.1) is 0 Å². The summed E-state index contributed by atoms with van der Waals surface area (Å²) in [5, 5.41) is 8.60. The molecule has 0 atom stereocenters. The number of carbonyl (C=O) groups is 1. The number of rotatable bonds is 7. The predicted molar refractivity (Wildman–Crippen MR) is 121 cm³/mol. The number of aromatic nitrogens is 2. The summed E-state index contributed by atoms with van der Waals surface area (Å²) in [5.41, 5.74) is 7.79. The zero-order chi connectivity index (χ0) is 22.9. The Kier molecular flexibility index (Phi) is 8.33. The first-order chi connectivity index (χ1) is 14.8. The third kappa shape index (κ3) is 6.16. The van der Waals surface area contributed by atoms with Gasteiger partial charge < -0.3 is 15.4 Å². The summed E-state index contributed by atoms with van der Waals surface area (Å²) in [6.45, 7) is 5.96. The van der Waals surface area contributed by atoms with Crippen molar-refractivity contribution in [3.63, 3.8) is 0 Å². The molecule has 3 rings (SSSR count). The molecule has 2 aromatic rings. The van der Waals surface area contributed by atoms with Gasteiger partial charge in [0.25, 0.3) is 0 Å². The normalized spacial score (nSPS) is 13.9. The van der Waals surface area contributed by atoms with Gasteiger partial charge in [-0.25, -0.2) is 9.97 Å². The van der Waals surface area contributed by atoms with Crippen molar-refractivity contribution in [2.45, 2.75) is 38.0 Å². The number of anilines is 1. The van der Waals surface area contributed by atoms with Gasteiger partial charge in [-0.2, -0.15) is 5.26 Å². The predicted octanol–water partition coefficient (Wildman–Crippen LogP) is 3.87. The van der Waals surface area contributed by atoms with E-state index in [4.69, 9.17) is 15.7 Å². The summed E-state index contributed by atoms with van der Waals surface area (Å²) in [5.74, 6) is 1.01. The van der Waals surface area contributed by atoms with Crippen molar-refractivity contribution in [3.05, 3.63) is 72.2 Å². The average Bonchev–Trinajstić information content (AvgIpc) is 2.77. The Morgan fingerprint density at radius 3 is 2.61 bits per heavy atom. The lowest BCUT2D eigenvalue weighted by atomic mass is 9.64. The second-order valence-electron chi connectivity index (χ2n) is 7.33. The zero-order valence-electron chi connectivity index (χ0n) is 18.3. The van der Waals surface area contributed by atoms with Crippen LogP contribution in [0.1, 0.15) is 43.7 Å². The molecule has 1 fully saturated rings. The number of ether oxygens (including phenoxy) is 1. The van der Waals surface area contributed by atoms with E-state index in [0.717, 1.165) is 42.8 Å². The molecule has 0 bridgehead atoms. The number of nitriles is 1. The smallest absolute Gasteiger partial charge is 0.241 e. The fraction of sp³-hybridized carbons (Fsp3) is 0.333. The summed E-state index contributed by atoms with van der Waals surface area (Å²) in [6.07, 6.45) is 10.8. The molecule has 0 radical (unpaired) electrons. The van der Waals surface area contributed by atoms with Crippen LogP contribution in [0.3, 0.4) is 0 Å². The molecule has 0 aliphatic heterocycles. The van der Waals surface area contributed by atoms with Crippen molar-refractivity contribution in [1.82, 2.24) is 9.97 Å². The van der Waals surface area contributed by atoms with E-state index < -0.39 is 5.91 Å². The van der Waals surface area contributed by atoms with Crippen molar-refractivity contribution >= 4 is 11.7 Å². The third-order valence-corrected chi connectivity index (χ3v) is 5.43. The minimum atomic E-state index is -0.405. The number of primary amides is 1. The van der Waals surface area contributed by atoms with Crippen LogP contribution in [0.5, 0.6) is 5.88 Å². The van der Waals surface area contributed by atoms with Crippen LogP contribution in [0, 0.1) is 11.3 Å². The number of amides is 1. The number of nitrogens with zero attached hydrogens (tertiary/aromatic N) is 4. The Hall–Kier alpha value is -3.66. The van der Waals surface area contributed by atoms with Gasteiger partial charge in [-0.3, -0.25) is 4.79 Å². The molecule has 2 N–H and O–H groups in total. The highest BCUT2D eigenvalue weighted by Crippen LogP contribution is 2.45. The lowest BCUT2D eigenvalue weighted by molar-refractivity contribution is -0.113. The maximum absolute atomic E-state index is 10.8. The second-order valence-corrected chi connectivity index (χ2v) is 7.33. The molecule has 7 nitrogen and oxygen atoms in total. The molecule has 0 spiro atoms. The SMILES string of the molecule is C=C(CC)N(C)c1ccc(C#N)cn1.COc1cc(C2(/C=C/C(N)=O)CCC2)ccn1. The second kappa shape index (κ2) is 10.9. The van der Waals surface area contributed by atoms with E-state index in [9.17, 15) is 4.79 Å². The van der Waals surface area contributed by atoms with E-state index in [1.165, 1.54) is 6.08 Å². The van der Waals surface area contributed by atoms with Gasteiger partial charge in [0.1, 0.15) is 11.9 Å². The van der Waals surface area contributed by atoms with E-state index in [0.29, 0.717) is 11.4 Å². The molecular weight excluding hydrogens is 390 g/mol. The van der Waals surface area contributed by atoms with Crippen molar-refractivity contribution in [3.8, 4) is 11.9 Å². The lowest BCUT2D eigenvalue weighted by Gasteiger charge is -2.39. The minimum Gasteiger partial charge on any atom is -0.481 e. The van der Waals surface area contributed by atoms with Crippen molar-refractivity contribution in [1.29, 1.82) is 5.26 Å². The van der Waals surface area contributed by atoms with E-state index in [2.05, 4.69) is 16.5 Å². The van der Waals surface area contributed by atoms with Gasteiger partial charge in [0, 0.05) is 36.6 Å². The highest BCUT2D eigenvalue weighted by atomic mass is 16.5. The summed E-state index contributed by atoms with van der Waals surface area (Å²) >= 11 is 0. The summed E-state index contributed by atoms with van der Waals surface area (Å²) < 4.78 is 5.12. The first kappa shape index (κ1) is 23.6. The van der Waals surface area contributed by atoms with Gasteiger partial charge in [0.15, 0.2) is 0 Å². The number of allylic oxidation sites excluding steroid dienone is 2. The van der Waals surface area contributed by atoms with Crippen molar-refractivity contribution in [2.75, 3.05) is 19.1 Å². The standard InChI is InChI=1S/C13H16N2O2.C11H13N3/c1-17-12-9-10(4-8-15-12)13(5-2-6-13)7-3-11(14)16;1-4-9(2)14(3)11-6-5-10(7-12)8-13-11/h3-4,7-9H,2,5-6H2,1H3,(H2,14,16);5-6,8H,2,4H2,1,3H3/b7-3+;. The maximum atomic E-state index is 10.8. The minimum absolute atomic E-state index is 0.0642. The number of nitrogens with two attached hydrogens (primary N) is 1. The van der Waals surface area contributed by atoms with Crippen molar-refractivity contribution in [2.24, 2.45) is 5.73 Å². The van der Waals surface area contributed by atoms with Crippen LogP contribution >= 0.6 is 0 Å². The van der Waals surface area contributed by atoms with Gasteiger partial charge in [-0.05, 0) is 49.1 Å². The van der Waals surface area contributed by atoms with Crippen molar-refractivity contribution < 1.29 is 9.53 Å². The molecule has 1 aliphatic carbocycles. The molecule has 1 amide bonds. The number of methoxy groups -OCH3 is 1. The van der Waals surface area contributed by atoms with E-state index in [1.807, 2.05) is 49.2 Å². The molecule has 2 heterocycles. The Labute approximate surface area is 183 Å². The highest BCUT2D eigenvalue weighted by molar-refractivity contribution is 5.86. The van der Waals surface area contributed by atoms with Crippen LogP contribution in [0.15, 0.2) is 61.1 Å². The fourth-order valence-corrected chi connectivity index (χ4v) is 3.23. The van der Waals surface area contributed by atoms with Gasteiger partial charge in [-0.1, -0.05) is 26.0 Å². The summed E-state index contributed by atoms with van der Waals surface area (Å²) in [7, 11) is 3.51. The quantitative estimate of drug-likeness (QED) is 0.683. The molecule has 31 heavy (non-hydrogen) atoms. The highest BCUT2D eigenvalue weighted by Gasteiger charge is 2.36. The van der Waals surface area contributed by atoms with E-state index >= 15 is 0 Å². The zero-order valence-corrected chi connectivity index (χ0v) is 18.3. The van der Waals surface area contributed by atoms with Crippen LogP contribution in [-0.2, 0) is 10.2 Å². The Balaban J connectivity index is 0.000000225. The van der Waals surface area contributed by atoms with Gasteiger partial charge >= 0.3 is 0 Å². The number of carbonyl (C=O) groups excluding carboxylic acids is 1. The van der Waals surface area contributed by atoms with E-state index in [-0.39, 0.29) is 5.41 Å². The number of pyridine rings is 2. The summed E-state index contributed by atoms with van der Waals surface area (Å²) in [6, 6.07) is 9.49. The monoisotopic (exact) mass is 419 g/mol. The average molecular weight is 420 g/mol. The molecule has 0 saturated heterocycles. The third-order valence-electron chi connectivity index (χ3n) is 5.43. The molecule has 0 aromatic carbocycles. The lowest BCUT2D eigenvalue weighted by Crippen LogP contribution is -2.32. The number of hydrogen-bond acceptors (Lipinski definition) is 6. The maximum Gasteiger partial charge on any atom is 0.241 e. The first-order valence-corrected chi connectivity index (χ1v) is 10.1. The Morgan fingerprint density at radius 2 is 2.13 bits per heavy atom. The van der Waals surface area contributed by atoms with E-state index in [1.54, 1.807) is 25.6 Å². The number of hydrogen-bond donors (Lipinski definition) is 1. The summed E-state index contributed by atoms with van der Waals surface area (Å²) in [4.78, 5) is 21.0. The molecule has 2 aromatic heterocycles. The fourth-order valence-electron chi connectivity index (χ4n) is 3.23. The topological polar surface area (TPSA) is 105 Å². The van der Waals surface area contributed by atoms with Crippen LogP contribution in [0.25, 0.3) is 0 Å². The largest absolute Gasteiger partial charge is 0.481 e. The van der Waals surface area contributed by atoms with Crippen LogP contribution in [-0.4, -0.2) is 30.0 Å². The molecule has 7 heteroatoms. The molecule has 1 saturated carbocycles. The van der Waals surface area contributed by atoms with Crippen LogP contribution in [0.2, 0.25) is 0 Å². The van der Waals surface area contributed by atoms with Gasteiger partial charge in [0.05, 0.1) is 12.7 Å². The van der Waals surface area contributed by atoms with Gasteiger partial charge in [0.2, 0.25) is 11.8 Å². The molecule has 162 valence electrons. The van der Waals surface area contributed by atoms with Crippen LogP contribution < -0.4 is 15.4 Å². The molecular formula is C24H29N5O2. The molecule has 1 aliphatic rings. The Bertz CT molecular complexity index is 972. The first-order valence-electron chi connectivity index (χ1n) is 10.1. The van der Waals surface area contributed by atoms with Crippen LogP contribution in [0.4, 0.5) is 5.82 Å².